The Morgan fingerprint density at radius 2 is 2.05 bits per heavy atom. The zero-order valence-electron chi connectivity index (χ0n) is 12.6. The molecule has 0 saturated carbocycles. The smallest absolute Gasteiger partial charge is 0.341 e. The van der Waals surface area contributed by atoms with Gasteiger partial charge in [0.1, 0.15) is 11.3 Å². The number of nitrogen functional groups attached to an aromatic ring is 1. The molecule has 0 unspecified atom stereocenters. The first-order chi connectivity index (χ1) is 9.39. The summed E-state index contributed by atoms with van der Waals surface area (Å²) >= 11 is 0. The third-order valence-corrected chi connectivity index (χ3v) is 3.01. The fourth-order valence-electron chi connectivity index (χ4n) is 1.56. The summed E-state index contributed by atoms with van der Waals surface area (Å²) in [5.74, 6) is 0.0466. The van der Waals surface area contributed by atoms with Gasteiger partial charge < -0.3 is 19.9 Å². The first-order valence-electron chi connectivity index (χ1n) is 6.64. The summed E-state index contributed by atoms with van der Waals surface area (Å²) in [5.41, 5.74) is 6.22. The van der Waals surface area contributed by atoms with Crippen LogP contribution in [0.2, 0.25) is 0 Å². The maximum Gasteiger partial charge on any atom is 0.341 e. The van der Waals surface area contributed by atoms with E-state index in [4.69, 9.17) is 19.9 Å². The molecule has 1 aromatic carbocycles. The molecule has 0 spiro atoms. The van der Waals surface area contributed by atoms with Gasteiger partial charge in [-0.1, -0.05) is 0 Å². The van der Waals surface area contributed by atoms with Crippen molar-refractivity contribution in [3.63, 3.8) is 0 Å². The molecule has 0 fully saturated rings. The van der Waals surface area contributed by atoms with Gasteiger partial charge in [-0.15, -0.1) is 0 Å². The molecule has 0 radical (unpaired) electrons. The van der Waals surface area contributed by atoms with Gasteiger partial charge in [-0.3, -0.25) is 0 Å². The molecular weight excluding hydrogens is 258 g/mol. The van der Waals surface area contributed by atoms with Crippen LogP contribution in [-0.4, -0.2) is 31.9 Å². The Hall–Kier alpha value is -1.75. The molecule has 1 aromatic rings. The summed E-state index contributed by atoms with van der Waals surface area (Å²) in [6, 6.07) is 4.93. The maximum absolute atomic E-state index is 12.1. The van der Waals surface area contributed by atoms with Crippen molar-refractivity contribution >= 4 is 11.7 Å². The largest absolute Gasteiger partial charge is 0.493 e. The maximum atomic E-state index is 12.1. The van der Waals surface area contributed by atoms with Crippen LogP contribution in [0.1, 0.15) is 37.6 Å². The van der Waals surface area contributed by atoms with Gasteiger partial charge in [0.15, 0.2) is 0 Å². The Morgan fingerprint density at radius 1 is 1.35 bits per heavy atom. The zero-order chi connectivity index (χ0) is 15.2. The quantitative estimate of drug-likeness (QED) is 0.614. The predicted molar refractivity (Wildman–Crippen MR) is 78.0 cm³/mol. The van der Waals surface area contributed by atoms with Crippen LogP contribution in [0.3, 0.4) is 0 Å². The highest BCUT2D eigenvalue weighted by atomic mass is 16.5. The van der Waals surface area contributed by atoms with E-state index < -0.39 is 5.97 Å². The molecule has 1 rings (SSSR count). The lowest BCUT2D eigenvalue weighted by atomic mass is 10.1. The van der Waals surface area contributed by atoms with Gasteiger partial charge in [-0.25, -0.2) is 4.79 Å². The number of anilines is 1. The van der Waals surface area contributed by atoms with Crippen LogP contribution in [0.4, 0.5) is 5.69 Å². The Bertz CT molecular complexity index is 457. The zero-order valence-corrected chi connectivity index (χ0v) is 12.6. The second kappa shape index (κ2) is 7.14. The van der Waals surface area contributed by atoms with Crippen LogP contribution in [0.25, 0.3) is 0 Å². The Kier molecular flexibility index (Phi) is 5.82. The molecule has 20 heavy (non-hydrogen) atoms. The highest BCUT2D eigenvalue weighted by Crippen LogP contribution is 2.23. The second-order valence-electron chi connectivity index (χ2n) is 5.04. The topological polar surface area (TPSA) is 70.8 Å². The minimum Gasteiger partial charge on any atom is -0.493 e. The van der Waals surface area contributed by atoms with E-state index in [-0.39, 0.29) is 12.2 Å². The van der Waals surface area contributed by atoms with Crippen molar-refractivity contribution in [1.29, 1.82) is 0 Å². The van der Waals surface area contributed by atoms with Gasteiger partial charge in [0, 0.05) is 19.2 Å². The first-order valence-corrected chi connectivity index (χ1v) is 6.64. The Balaban J connectivity index is 2.69. The highest BCUT2D eigenvalue weighted by molar-refractivity contribution is 5.93. The third kappa shape index (κ3) is 4.74. The van der Waals surface area contributed by atoms with Gasteiger partial charge in [0.25, 0.3) is 0 Å². The summed E-state index contributed by atoms with van der Waals surface area (Å²) in [5, 5.41) is 0. The number of carbonyl (C=O) groups excluding carboxylic acids is 1. The number of hydrogen-bond acceptors (Lipinski definition) is 5. The van der Waals surface area contributed by atoms with E-state index >= 15 is 0 Å². The molecule has 2 N–H and O–H groups in total. The molecular formula is C15H23NO4. The molecule has 0 aliphatic heterocycles. The minimum atomic E-state index is -0.437. The summed E-state index contributed by atoms with van der Waals surface area (Å²) in [6.07, 6.45) is 0.613. The second-order valence-corrected chi connectivity index (χ2v) is 5.04. The van der Waals surface area contributed by atoms with E-state index in [2.05, 4.69) is 0 Å². The summed E-state index contributed by atoms with van der Waals surface area (Å²) < 4.78 is 15.9. The highest BCUT2D eigenvalue weighted by Gasteiger charge is 2.19. The molecule has 0 bridgehead atoms. The summed E-state index contributed by atoms with van der Waals surface area (Å²) in [6.45, 7) is 6.48. The van der Waals surface area contributed by atoms with Crippen LogP contribution < -0.4 is 10.5 Å². The lowest BCUT2D eigenvalue weighted by molar-refractivity contribution is -0.00571. The van der Waals surface area contributed by atoms with Crippen LogP contribution >= 0.6 is 0 Å². The fourth-order valence-corrected chi connectivity index (χ4v) is 1.56. The summed E-state index contributed by atoms with van der Waals surface area (Å²) in [7, 11) is 1.63. The van der Waals surface area contributed by atoms with Crippen molar-refractivity contribution in [2.45, 2.75) is 32.8 Å². The lowest BCUT2D eigenvalue weighted by Crippen LogP contribution is -2.25. The van der Waals surface area contributed by atoms with Crippen molar-refractivity contribution < 1.29 is 19.0 Å². The Labute approximate surface area is 120 Å². The average Bonchev–Trinajstić information content (AvgIpc) is 2.40. The van der Waals surface area contributed by atoms with E-state index in [0.29, 0.717) is 30.0 Å². The number of esters is 1. The molecule has 0 heterocycles. The van der Waals surface area contributed by atoms with Gasteiger partial charge in [0.2, 0.25) is 0 Å². The standard InChI is InChI=1S/C15H23NO4/c1-5-19-13-7-6-11(16)10-12(13)14(17)20-9-8-15(2,3)18-4/h6-7,10H,5,8-9,16H2,1-4H3. The van der Waals surface area contributed by atoms with E-state index in [1.807, 2.05) is 20.8 Å². The normalized spacial score (nSPS) is 11.2. The Morgan fingerprint density at radius 3 is 2.65 bits per heavy atom. The average molecular weight is 281 g/mol. The van der Waals surface area contributed by atoms with E-state index in [1.165, 1.54) is 0 Å². The van der Waals surface area contributed by atoms with E-state index in [0.717, 1.165) is 0 Å². The van der Waals surface area contributed by atoms with E-state index in [9.17, 15) is 4.79 Å². The molecule has 5 nitrogen and oxygen atoms in total. The molecule has 0 aliphatic rings. The molecule has 0 atom stereocenters. The van der Waals surface area contributed by atoms with E-state index in [1.54, 1.807) is 25.3 Å². The number of benzene rings is 1. The monoisotopic (exact) mass is 281 g/mol. The van der Waals surface area contributed by atoms with Crippen molar-refractivity contribution in [3.05, 3.63) is 23.8 Å². The van der Waals surface area contributed by atoms with Gasteiger partial charge in [-0.2, -0.15) is 0 Å². The molecule has 5 heteroatoms. The molecule has 0 saturated heterocycles. The predicted octanol–water partition coefficient (Wildman–Crippen LogP) is 2.64. The lowest BCUT2D eigenvalue weighted by Gasteiger charge is -2.22. The van der Waals surface area contributed by atoms with Crippen molar-refractivity contribution in [1.82, 2.24) is 0 Å². The molecule has 0 amide bonds. The first kappa shape index (κ1) is 16.3. The minimum absolute atomic E-state index is 0.278. The summed E-state index contributed by atoms with van der Waals surface area (Å²) in [4.78, 5) is 12.1. The SMILES string of the molecule is CCOc1ccc(N)cc1C(=O)OCCC(C)(C)OC. The van der Waals surface area contributed by atoms with Crippen molar-refractivity contribution in [2.24, 2.45) is 0 Å². The third-order valence-electron chi connectivity index (χ3n) is 3.01. The van der Waals surface area contributed by atoms with Crippen molar-refractivity contribution in [2.75, 3.05) is 26.1 Å². The number of nitrogens with two attached hydrogens (primary N) is 1. The molecule has 0 aliphatic carbocycles. The number of carbonyl (C=O) groups is 1. The van der Waals surface area contributed by atoms with Crippen LogP contribution in [0, 0.1) is 0 Å². The number of hydrogen-bond donors (Lipinski definition) is 1. The van der Waals surface area contributed by atoms with Gasteiger partial charge in [-0.05, 0) is 39.0 Å². The molecule has 112 valence electrons. The van der Waals surface area contributed by atoms with Gasteiger partial charge in [0.05, 0.1) is 18.8 Å². The number of ether oxygens (including phenoxy) is 3. The number of methoxy groups -OCH3 is 1. The fraction of sp³-hybridized carbons (Fsp3) is 0.533. The number of rotatable bonds is 7. The van der Waals surface area contributed by atoms with Gasteiger partial charge >= 0.3 is 5.97 Å². The van der Waals surface area contributed by atoms with Crippen LogP contribution in [-0.2, 0) is 9.47 Å². The van der Waals surface area contributed by atoms with Crippen LogP contribution in [0.5, 0.6) is 5.75 Å². The van der Waals surface area contributed by atoms with Crippen LogP contribution in [0.15, 0.2) is 18.2 Å². The molecule has 0 aromatic heterocycles. The van der Waals surface area contributed by atoms with Crippen molar-refractivity contribution in [3.8, 4) is 5.75 Å².